The van der Waals surface area contributed by atoms with E-state index in [2.05, 4.69) is 64.0 Å². The van der Waals surface area contributed by atoms with Gasteiger partial charge in [0.2, 0.25) is 0 Å². The lowest BCUT2D eigenvalue weighted by Crippen LogP contribution is -2.43. The fourth-order valence-electron chi connectivity index (χ4n) is 2.56. The van der Waals surface area contributed by atoms with E-state index < -0.39 is 0 Å². The first-order chi connectivity index (χ1) is 10.2. The van der Waals surface area contributed by atoms with Crippen molar-refractivity contribution in [3.8, 4) is 0 Å². The molecule has 0 aliphatic carbocycles. The molecule has 0 spiro atoms. The Balaban J connectivity index is 4.37. The average Bonchev–Trinajstić information content (AvgIpc) is 2.44. The Morgan fingerprint density at radius 2 is 1.32 bits per heavy atom. The van der Waals surface area contributed by atoms with Gasteiger partial charge in [-0.3, -0.25) is 0 Å². The van der Waals surface area contributed by atoms with Gasteiger partial charge in [-0.1, -0.05) is 19.8 Å². The predicted molar refractivity (Wildman–Crippen MR) is 109 cm³/mol. The highest BCUT2D eigenvalue weighted by Gasteiger charge is 2.22. The second-order valence-corrected chi connectivity index (χ2v) is 10.7. The Bertz CT molecular complexity index is 280. The number of thioether (sulfide) groups is 2. The van der Waals surface area contributed by atoms with Crippen LogP contribution in [0.2, 0.25) is 0 Å². The van der Waals surface area contributed by atoms with Crippen LogP contribution in [-0.2, 0) is 0 Å². The standard InChI is InChI=1S/C18H40N2S2/c1-9-10-11-12-20(16-18(4,5)22-8)14-13-19(6)15-17(2,3)21-7/h9-16H2,1-8H3. The van der Waals surface area contributed by atoms with Crippen molar-refractivity contribution in [2.75, 3.05) is 52.3 Å². The molecule has 0 aliphatic rings. The van der Waals surface area contributed by atoms with Gasteiger partial charge in [0.25, 0.3) is 0 Å². The van der Waals surface area contributed by atoms with E-state index in [9.17, 15) is 0 Å². The molecular weight excluding hydrogens is 308 g/mol. The monoisotopic (exact) mass is 348 g/mol. The SMILES string of the molecule is CCCCCN(CCN(C)CC(C)(C)SC)CC(C)(C)SC. The lowest BCUT2D eigenvalue weighted by molar-refractivity contribution is 0.206. The Morgan fingerprint density at radius 3 is 1.82 bits per heavy atom. The summed E-state index contributed by atoms with van der Waals surface area (Å²) in [4.78, 5) is 5.17. The molecule has 0 radical (unpaired) electrons. The van der Waals surface area contributed by atoms with Gasteiger partial charge in [-0.25, -0.2) is 0 Å². The largest absolute Gasteiger partial charge is 0.304 e. The molecule has 2 nitrogen and oxygen atoms in total. The topological polar surface area (TPSA) is 6.48 Å². The molecule has 0 N–H and O–H groups in total. The minimum Gasteiger partial charge on any atom is -0.304 e. The summed E-state index contributed by atoms with van der Waals surface area (Å²) in [5.41, 5.74) is 0. The van der Waals surface area contributed by atoms with Crippen molar-refractivity contribution < 1.29 is 0 Å². The summed E-state index contributed by atoms with van der Waals surface area (Å²) in [5.74, 6) is 0. The number of unbranched alkanes of at least 4 members (excludes halogenated alkanes) is 2. The first-order valence-electron chi connectivity index (χ1n) is 8.67. The molecule has 0 amide bonds. The molecular formula is C18H40N2S2. The summed E-state index contributed by atoms with van der Waals surface area (Å²) in [5, 5.41) is 0. The van der Waals surface area contributed by atoms with Crippen molar-refractivity contribution in [1.82, 2.24) is 9.80 Å². The Labute approximate surface area is 149 Å². The second-order valence-electron chi connectivity index (χ2n) is 7.65. The highest BCUT2D eigenvalue weighted by Crippen LogP contribution is 2.23. The van der Waals surface area contributed by atoms with Crippen LogP contribution in [0.25, 0.3) is 0 Å². The smallest absolute Gasteiger partial charge is 0.0227 e. The number of hydrogen-bond donors (Lipinski definition) is 0. The molecule has 0 fully saturated rings. The van der Waals surface area contributed by atoms with E-state index in [0.29, 0.717) is 9.49 Å². The third-order valence-corrected chi connectivity index (χ3v) is 6.70. The van der Waals surface area contributed by atoms with Crippen LogP contribution in [0, 0.1) is 0 Å². The zero-order valence-corrected chi connectivity index (χ0v) is 18.0. The van der Waals surface area contributed by atoms with E-state index in [4.69, 9.17) is 0 Å². The molecule has 0 atom stereocenters. The molecule has 0 rings (SSSR count). The first-order valence-corrected chi connectivity index (χ1v) is 11.1. The summed E-state index contributed by atoms with van der Waals surface area (Å²) in [6.07, 6.45) is 8.44. The number of nitrogens with zero attached hydrogens (tertiary/aromatic N) is 2. The molecule has 134 valence electrons. The van der Waals surface area contributed by atoms with E-state index in [1.807, 2.05) is 23.5 Å². The van der Waals surface area contributed by atoms with Gasteiger partial charge in [-0.05, 0) is 60.2 Å². The van der Waals surface area contributed by atoms with Gasteiger partial charge in [0.15, 0.2) is 0 Å². The lowest BCUT2D eigenvalue weighted by atomic mass is 10.1. The van der Waals surface area contributed by atoms with Crippen LogP contribution in [0.3, 0.4) is 0 Å². The Kier molecular flexibility index (Phi) is 11.5. The normalized spacial score (nSPS) is 13.4. The van der Waals surface area contributed by atoms with Gasteiger partial charge >= 0.3 is 0 Å². The van der Waals surface area contributed by atoms with E-state index in [1.165, 1.54) is 45.4 Å². The zero-order chi connectivity index (χ0) is 17.2. The second kappa shape index (κ2) is 11.2. The Morgan fingerprint density at radius 1 is 0.773 bits per heavy atom. The molecule has 4 heteroatoms. The maximum absolute atomic E-state index is 2.68. The maximum Gasteiger partial charge on any atom is 0.0227 e. The van der Waals surface area contributed by atoms with Crippen molar-refractivity contribution in [3.05, 3.63) is 0 Å². The summed E-state index contributed by atoms with van der Waals surface area (Å²) < 4.78 is 0.698. The predicted octanol–water partition coefficient (Wildman–Crippen LogP) is 4.69. The summed E-state index contributed by atoms with van der Waals surface area (Å²) in [6, 6.07) is 0. The van der Waals surface area contributed by atoms with Gasteiger partial charge in [0.1, 0.15) is 0 Å². The minimum atomic E-state index is 0.348. The van der Waals surface area contributed by atoms with Gasteiger partial charge in [-0.2, -0.15) is 23.5 Å². The highest BCUT2D eigenvalue weighted by atomic mass is 32.2. The van der Waals surface area contributed by atoms with E-state index in [-0.39, 0.29) is 0 Å². The van der Waals surface area contributed by atoms with Crippen LogP contribution in [-0.4, -0.2) is 71.6 Å². The van der Waals surface area contributed by atoms with Gasteiger partial charge < -0.3 is 9.80 Å². The lowest BCUT2D eigenvalue weighted by Gasteiger charge is -2.34. The van der Waals surface area contributed by atoms with E-state index in [1.54, 1.807) is 0 Å². The van der Waals surface area contributed by atoms with Crippen LogP contribution >= 0.6 is 23.5 Å². The summed E-state index contributed by atoms with van der Waals surface area (Å²) in [6.45, 7) is 17.6. The molecule has 0 bridgehead atoms. The minimum absolute atomic E-state index is 0.348. The molecule has 22 heavy (non-hydrogen) atoms. The van der Waals surface area contributed by atoms with Crippen LogP contribution in [0.1, 0.15) is 53.9 Å². The molecule has 0 aromatic carbocycles. The molecule has 0 heterocycles. The van der Waals surface area contributed by atoms with Crippen molar-refractivity contribution in [2.45, 2.75) is 63.4 Å². The molecule has 0 aliphatic heterocycles. The molecule has 0 saturated heterocycles. The number of likely N-dealkylation sites (N-methyl/N-ethyl adjacent to an activating group) is 1. The molecule has 0 saturated carbocycles. The number of rotatable bonds is 13. The van der Waals surface area contributed by atoms with Crippen LogP contribution in [0.5, 0.6) is 0 Å². The third-order valence-electron chi connectivity index (χ3n) is 4.24. The summed E-state index contributed by atoms with van der Waals surface area (Å²) in [7, 11) is 2.27. The van der Waals surface area contributed by atoms with Crippen LogP contribution in [0.4, 0.5) is 0 Å². The van der Waals surface area contributed by atoms with Gasteiger partial charge in [0.05, 0.1) is 0 Å². The fraction of sp³-hybridized carbons (Fsp3) is 1.00. The van der Waals surface area contributed by atoms with E-state index >= 15 is 0 Å². The zero-order valence-electron chi connectivity index (χ0n) is 16.4. The Hall–Kier alpha value is 0.620. The number of hydrogen-bond acceptors (Lipinski definition) is 4. The first kappa shape index (κ1) is 22.6. The fourth-order valence-corrected chi connectivity index (χ4v) is 3.23. The third kappa shape index (κ3) is 11.2. The van der Waals surface area contributed by atoms with Crippen molar-refractivity contribution in [2.24, 2.45) is 0 Å². The summed E-state index contributed by atoms with van der Waals surface area (Å²) >= 11 is 3.95. The molecule has 0 unspecified atom stereocenters. The van der Waals surface area contributed by atoms with Crippen molar-refractivity contribution in [1.29, 1.82) is 0 Å². The average molecular weight is 349 g/mol. The molecule has 0 aromatic rings. The van der Waals surface area contributed by atoms with Crippen molar-refractivity contribution >= 4 is 23.5 Å². The van der Waals surface area contributed by atoms with Gasteiger partial charge in [-0.15, -0.1) is 0 Å². The quantitative estimate of drug-likeness (QED) is 0.445. The van der Waals surface area contributed by atoms with Crippen molar-refractivity contribution in [3.63, 3.8) is 0 Å². The van der Waals surface area contributed by atoms with E-state index in [0.717, 1.165) is 6.54 Å². The maximum atomic E-state index is 2.68. The van der Waals surface area contributed by atoms with Crippen LogP contribution in [0.15, 0.2) is 0 Å². The molecule has 0 aromatic heterocycles. The van der Waals surface area contributed by atoms with Gasteiger partial charge in [0, 0.05) is 35.7 Å². The highest BCUT2D eigenvalue weighted by molar-refractivity contribution is 8.00. The van der Waals surface area contributed by atoms with Crippen LogP contribution < -0.4 is 0 Å².